The summed E-state index contributed by atoms with van der Waals surface area (Å²) in [6.45, 7) is 5.81. The number of allylic oxidation sites excluding steroid dienone is 1. The highest BCUT2D eigenvalue weighted by molar-refractivity contribution is 5.77. The van der Waals surface area contributed by atoms with Gasteiger partial charge in [-0.3, -0.25) is 4.79 Å². The smallest absolute Gasteiger partial charge is 0.223 e. The van der Waals surface area contributed by atoms with Crippen molar-refractivity contribution in [3.8, 4) is 0 Å². The molecule has 0 saturated heterocycles. The molecule has 0 rings (SSSR count). The summed E-state index contributed by atoms with van der Waals surface area (Å²) in [5.74, 6) is 0.0908. The molecule has 1 amide bonds. The lowest BCUT2D eigenvalue weighted by atomic mass is 10.3. The Morgan fingerprint density at radius 3 is 2.60 bits per heavy atom. The van der Waals surface area contributed by atoms with Crippen molar-refractivity contribution in [2.75, 3.05) is 0 Å². The van der Waals surface area contributed by atoms with Gasteiger partial charge in [-0.25, -0.2) is 0 Å². The van der Waals surface area contributed by atoms with Crippen LogP contribution in [0.5, 0.6) is 0 Å². The Morgan fingerprint density at radius 1 is 1.60 bits per heavy atom. The van der Waals surface area contributed by atoms with Gasteiger partial charge in [-0.15, -0.1) is 0 Å². The highest BCUT2D eigenvalue weighted by Crippen LogP contribution is 1.84. The van der Waals surface area contributed by atoms with Gasteiger partial charge in [0.25, 0.3) is 0 Å². The molecule has 0 aromatic rings. The summed E-state index contributed by atoms with van der Waals surface area (Å²) in [4.78, 5) is 10.8. The highest BCUT2D eigenvalue weighted by Gasteiger charge is 1.98. The summed E-state index contributed by atoms with van der Waals surface area (Å²) in [5, 5.41) is 2.79. The van der Waals surface area contributed by atoms with Crippen LogP contribution in [0.2, 0.25) is 0 Å². The van der Waals surface area contributed by atoms with Crippen molar-refractivity contribution in [1.29, 1.82) is 0 Å². The first-order valence-electron chi connectivity index (χ1n) is 3.57. The first-order valence-corrected chi connectivity index (χ1v) is 3.57. The van der Waals surface area contributed by atoms with Crippen LogP contribution in [0.3, 0.4) is 0 Å². The van der Waals surface area contributed by atoms with E-state index in [1.54, 1.807) is 0 Å². The molecule has 10 heavy (non-hydrogen) atoms. The molecule has 0 bridgehead atoms. The molecule has 1 N–H and O–H groups in total. The molecule has 0 spiro atoms. The quantitative estimate of drug-likeness (QED) is 0.592. The van der Waals surface area contributed by atoms with Crippen LogP contribution >= 0.6 is 0 Å². The third-order valence-electron chi connectivity index (χ3n) is 0.989. The lowest BCUT2D eigenvalue weighted by molar-refractivity contribution is -0.120. The molecular weight excluding hydrogens is 126 g/mol. The molecule has 0 fully saturated rings. The van der Waals surface area contributed by atoms with E-state index in [-0.39, 0.29) is 11.9 Å². The second-order valence-electron chi connectivity index (χ2n) is 2.50. The Morgan fingerprint density at radius 2 is 2.20 bits per heavy atom. The molecule has 0 aromatic carbocycles. The summed E-state index contributed by atoms with van der Waals surface area (Å²) < 4.78 is 0. The average Bonchev–Trinajstić information content (AvgIpc) is 1.82. The predicted octanol–water partition coefficient (Wildman–Crippen LogP) is 1.48. The van der Waals surface area contributed by atoms with E-state index in [4.69, 9.17) is 0 Å². The molecule has 0 aliphatic heterocycles. The Labute approximate surface area is 62.3 Å². The van der Waals surface area contributed by atoms with E-state index < -0.39 is 0 Å². The Balaban J connectivity index is 3.44. The molecule has 0 aromatic heterocycles. The lowest BCUT2D eigenvalue weighted by Gasteiger charge is -2.05. The third-order valence-corrected chi connectivity index (χ3v) is 0.989. The van der Waals surface area contributed by atoms with Gasteiger partial charge in [0.15, 0.2) is 0 Å². The fourth-order valence-electron chi connectivity index (χ4n) is 0.606. The van der Waals surface area contributed by atoms with Gasteiger partial charge in [-0.1, -0.05) is 12.2 Å². The van der Waals surface area contributed by atoms with Crippen LogP contribution in [0.25, 0.3) is 0 Å². The normalized spacial score (nSPS) is 10.8. The number of carbonyl (C=O) groups excluding carboxylic acids is 1. The van der Waals surface area contributed by atoms with Crippen LogP contribution in [-0.2, 0) is 4.79 Å². The molecule has 58 valence electrons. The number of nitrogens with one attached hydrogen (secondary N) is 1. The molecule has 0 unspecified atom stereocenters. The number of rotatable bonds is 3. The second-order valence-corrected chi connectivity index (χ2v) is 2.50. The van der Waals surface area contributed by atoms with Crippen LogP contribution in [0.15, 0.2) is 12.2 Å². The van der Waals surface area contributed by atoms with E-state index in [2.05, 4.69) is 5.32 Å². The molecule has 2 heteroatoms. The van der Waals surface area contributed by atoms with Crippen LogP contribution in [-0.4, -0.2) is 11.9 Å². The molecule has 0 radical (unpaired) electrons. The second kappa shape index (κ2) is 5.03. The van der Waals surface area contributed by atoms with Crippen molar-refractivity contribution in [3.63, 3.8) is 0 Å². The minimum Gasteiger partial charge on any atom is -0.354 e. The Hall–Kier alpha value is -0.790. The zero-order valence-electron chi connectivity index (χ0n) is 6.85. The van der Waals surface area contributed by atoms with Crippen LogP contribution < -0.4 is 5.32 Å². The van der Waals surface area contributed by atoms with E-state index in [0.29, 0.717) is 6.42 Å². The maximum atomic E-state index is 10.8. The first-order chi connectivity index (χ1) is 4.66. The van der Waals surface area contributed by atoms with Crippen molar-refractivity contribution in [1.82, 2.24) is 5.32 Å². The van der Waals surface area contributed by atoms with Gasteiger partial charge in [0, 0.05) is 12.5 Å². The zero-order valence-corrected chi connectivity index (χ0v) is 6.85. The van der Waals surface area contributed by atoms with Crippen molar-refractivity contribution in [2.45, 2.75) is 33.2 Å². The summed E-state index contributed by atoms with van der Waals surface area (Å²) >= 11 is 0. The molecule has 0 atom stereocenters. The van der Waals surface area contributed by atoms with Crippen molar-refractivity contribution >= 4 is 5.91 Å². The monoisotopic (exact) mass is 141 g/mol. The van der Waals surface area contributed by atoms with Crippen molar-refractivity contribution in [3.05, 3.63) is 12.2 Å². The minimum absolute atomic E-state index is 0.0908. The number of hydrogen-bond donors (Lipinski definition) is 1. The van der Waals surface area contributed by atoms with E-state index in [9.17, 15) is 4.79 Å². The molecule has 0 saturated carbocycles. The van der Waals surface area contributed by atoms with Crippen LogP contribution in [0.1, 0.15) is 27.2 Å². The van der Waals surface area contributed by atoms with Gasteiger partial charge in [-0.05, 0) is 20.8 Å². The van der Waals surface area contributed by atoms with Gasteiger partial charge in [0.2, 0.25) is 5.91 Å². The zero-order chi connectivity index (χ0) is 7.98. The minimum atomic E-state index is 0.0908. The van der Waals surface area contributed by atoms with Crippen molar-refractivity contribution in [2.24, 2.45) is 0 Å². The predicted molar refractivity (Wildman–Crippen MR) is 42.7 cm³/mol. The first kappa shape index (κ1) is 9.21. The van der Waals surface area contributed by atoms with E-state index >= 15 is 0 Å². The Bertz CT molecular complexity index is 127. The Kier molecular flexibility index (Phi) is 4.63. The van der Waals surface area contributed by atoms with E-state index in [0.717, 1.165) is 0 Å². The van der Waals surface area contributed by atoms with Crippen LogP contribution in [0.4, 0.5) is 0 Å². The number of amides is 1. The summed E-state index contributed by atoms with van der Waals surface area (Å²) in [6.07, 6.45) is 4.21. The SMILES string of the molecule is CC=CCC(=O)NC(C)C. The van der Waals surface area contributed by atoms with Crippen molar-refractivity contribution < 1.29 is 4.79 Å². The molecular formula is C8H15NO. The number of carbonyl (C=O) groups is 1. The summed E-state index contributed by atoms with van der Waals surface area (Å²) in [6, 6.07) is 0.248. The summed E-state index contributed by atoms with van der Waals surface area (Å²) in [5.41, 5.74) is 0. The van der Waals surface area contributed by atoms with Gasteiger partial charge in [0.1, 0.15) is 0 Å². The number of hydrogen-bond acceptors (Lipinski definition) is 1. The van der Waals surface area contributed by atoms with E-state index in [1.807, 2.05) is 32.9 Å². The van der Waals surface area contributed by atoms with Crippen LogP contribution in [0, 0.1) is 0 Å². The van der Waals surface area contributed by atoms with Gasteiger partial charge in [-0.2, -0.15) is 0 Å². The average molecular weight is 141 g/mol. The maximum absolute atomic E-state index is 10.8. The third kappa shape index (κ3) is 5.35. The van der Waals surface area contributed by atoms with Gasteiger partial charge < -0.3 is 5.32 Å². The fraction of sp³-hybridized carbons (Fsp3) is 0.625. The topological polar surface area (TPSA) is 29.1 Å². The molecule has 2 nitrogen and oxygen atoms in total. The van der Waals surface area contributed by atoms with E-state index in [1.165, 1.54) is 0 Å². The molecule has 0 aliphatic rings. The van der Waals surface area contributed by atoms with Gasteiger partial charge in [0.05, 0.1) is 0 Å². The fourth-order valence-corrected chi connectivity index (χ4v) is 0.606. The largest absolute Gasteiger partial charge is 0.354 e. The highest BCUT2D eigenvalue weighted by atomic mass is 16.1. The summed E-state index contributed by atoms with van der Waals surface area (Å²) in [7, 11) is 0. The molecule has 0 heterocycles. The maximum Gasteiger partial charge on any atom is 0.223 e. The lowest BCUT2D eigenvalue weighted by Crippen LogP contribution is -2.29. The molecule has 0 aliphatic carbocycles. The standard InChI is InChI=1S/C8H15NO/c1-4-5-6-8(10)9-7(2)3/h4-5,7H,6H2,1-3H3,(H,9,10). The van der Waals surface area contributed by atoms with Gasteiger partial charge >= 0.3 is 0 Å².